The summed E-state index contributed by atoms with van der Waals surface area (Å²) in [6.07, 6.45) is 2.38. The molecule has 0 aliphatic heterocycles. The van der Waals surface area contributed by atoms with Crippen molar-refractivity contribution in [2.75, 3.05) is 13.2 Å². The van der Waals surface area contributed by atoms with Gasteiger partial charge in [-0.1, -0.05) is 35.4 Å². The van der Waals surface area contributed by atoms with Crippen molar-refractivity contribution in [3.8, 4) is 0 Å². The van der Waals surface area contributed by atoms with E-state index in [4.69, 9.17) is 8.85 Å². The first-order valence-corrected chi connectivity index (χ1v) is 23.6. The SMILES string of the molecule is CCO[Si](C)(C)C(CC)SSSSSSSC(CC)[Si](C)(C)OCC. The van der Waals surface area contributed by atoms with E-state index < -0.39 is 16.6 Å². The van der Waals surface area contributed by atoms with E-state index in [1.54, 1.807) is 0 Å². The lowest BCUT2D eigenvalue weighted by Gasteiger charge is -2.30. The van der Waals surface area contributed by atoms with Gasteiger partial charge in [0.15, 0.2) is 16.6 Å². The van der Waals surface area contributed by atoms with E-state index in [0.717, 1.165) is 13.2 Å². The molecule has 0 rings (SSSR count). The minimum Gasteiger partial charge on any atom is -0.417 e. The molecule has 0 aromatic rings. The van der Waals surface area contributed by atoms with Crippen LogP contribution in [0.5, 0.6) is 0 Å². The Balaban J connectivity index is 3.95. The first-order chi connectivity index (χ1) is 11.7. The highest BCUT2D eigenvalue weighted by Crippen LogP contribution is 2.57. The van der Waals surface area contributed by atoms with Crippen molar-refractivity contribution >= 4 is 87.4 Å². The fourth-order valence-corrected chi connectivity index (χ4v) is 29.2. The first kappa shape index (κ1) is 27.8. The Kier molecular flexibility index (Phi) is 17.4. The predicted octanol–water partition coefficient (Wildman–Crippen LogP) is 8.73. The maximum atomic E-state index is 6.04. The summed E-state index contributed by atoms with van der Waals surface area (Å²) in [7, 11) is 10.3. The average Bonchev–Trinajstić information content (AvgIpc) is 2.52. The molecule has 0 fully saturated rings. The monoisotopic (exact) mass is 514 g/mol. The molecule has 152 valence electrons. The molecule has 25 heavy (non-hydrogen) atoms. The van der Waals surface area contributed by atoms with E-state index in [9.17, 15) is 0 Å². The fourth-order valence-electron chi connectivity index (χ4n) is 2.44. The van der Waals surface area contributed by atoms with E-state index in [2.05, 4.69) is 53.9 Å². The molecule has 0 saturated carbocycles. The van der Waals surface area contributed by atoms with Gasteiger partial charge in [0.25, 0.3) is 0 Å². The normalized spacial score (nSPS) is 15.4. The zero-order chi connectivity index (χ0) is 19.3. The molecule has 2 unspecified atom stereocenters. The van der Waals surface area contributed by atoms with Crippen molar-refractivity contribution in [2.45, 2.75) is 76.5 Å². The van der Waals surface area contributed by atoms with Gasteiger partial charge in [-0.2, -0.15) is 0 Å². The van der Waals surface area contributed by atoms with Crippen LogP contribution in [0.4, 0.5) is 0 Å². The van der Waals surface area contributed by atoms with Crippen molar-refractivity contribution in [1.82, 2.24) is 0 Å². The molecular formula is C14H34O2S7Si2. The molecule has 0 amide bonds. The molecule has 0 radical (unpaired) electrons. The Labute approximate surface area is 184 Å². The molecule has 0 spiro atoms. The molecule has 0 N–H and O–H groups in total. The molecule has 0 aromatic carbocycles. The second kappa shape index (κ2) is 15.6. The van der Waals surface area contributed by atoms with E-state index in [-0.39, 0.29) is 0 Å². The Morgan fingerprint density at radius 3 is 1.20 bits per heavy atom. The Morgan fingerprint density at radius 1 is 0.600 bits per heavy atom. The van der Waals surface area contributed by atoms with Gasteiger partial charge in [0.05, 0.1) is 0 Å². The largest absolute Gasteiger partial charge is 0.417 e. The number of rotatable bonds is 16. The van der Waals surface area contributed by atoms with Gasteiger partial charge in [0.2, 0.25) is 0 Å². The highest BCUT2D eigenvalue weighted by atomic mass is 33.9. The molecule has 0 aliphatic carbocycles. The summed E-state index contributed by atoms with van der Waals surface area (Å²) >= 11 is 0. The number of hydrogen-bond acceptors (Lipinski definition) is 9. The lowest BCUT2D eigenvalue weighted by molar-refractivity contribution is 0.326. The first-order valence-electron chi connectivity index (χ1n) is 8.68. The van der Waals surface area contributed by atoms with Crippen LogP contribution in [0.2, 0.25) is 26.2 Å². The zero-order valence-electron chi connectivity index (χ0n) is 16.7. The number of hydrogen-bond donors (Lipinski definition) is 0. The molecule has 2 atom stereocenters. The van der Waals surface area contributed by atoms with Crippen molar-refractivity contribution in [1.29, 1.82) is 0 Å². The fraction of sp³-hybridized carbons (Fsp3) is 1.00. The van der Waals surface area contributed by atoms with E-state index in [1.165, 1.54) is 12.8 Å². The van der Waals surface area contributed by atoms with Gasteiger partial charge in [0.1, 0.15) is 0 Å². The molecule has 2 nitrogen and oxygen atoms in total. The van der Waals surface area contributed by atoms with Gasteiger partial charge < -0.3 is 8.85 Å². The van der Waals surface area contributed by atoms with Crippen LogP contribution in [0.1, 0.15) is 40.5 Å². The highest BCUT2D eigenvalue weighted by molar-refractivity contribution is 9.46. The van der Waals surface area contributed by atoms with Crippen molar-refractivity contribution in [2.24, 2.45) is 0 Å². The molecule has 0 aromatic heterocycles. The summed E-state index contributed by atoms with van der Waals surface area (Å²) in [5.41, 5.74) is 0. The van der Waals surface area contributed by atoms with Crippen LogP contribution in [0, 0.1) is 0 Å². The molecule has 0 saturated heterocycles. The Bertz CT molecular complexity index is 308. The summed E-state index contributed by atoms with van der Waals surface area (Å²) < 4.78 is 12.1. The van der Waals surface area contributed by atoms with E-state index >= 15 is 0 Å². The topological polar surface area (TPSA) is 18.5 Å². The molecule has 11 heteroatoms. The Hall–Kier alpha value is 2.80. The minimum atomic E-state index is -1.56. The Morgan fingerprint density at radius 2 is 0.920 bits per heavy atom. The van der Waals surface area contributed by atoms with Crippen molar-refractivity contribution < 1.29 is 8.85 Å². The zero-order valence-corrected chi connectivity index (χ0v) is 24.4. The summed E-state index contributed by atoms with van der Waals surface area (Å²) in [6.45, 7) is 19.8. The van der Waals surface area contributed by atoms with Gasteiger partial charge in [-0.05, 0) is 102 Å². The minimum absolute atomic E-state index is 0.653. The van der Waals surface area contributed by atoms with Gasteiger partial charge in [-0.3, -0.25) is 0 Å². The lowest BCUT2D eigenvalue weighted by Crippen LogP contribution is -2.42. The van der Waals surface area contributed by atoms with Crippen LogP contribution >= 0.6 is 70.7 Å². The summed E-state index contributed by atoms with van der Waals surface area (Å²) in [5, 5.41) is 0. The summed E-state index contributed by atoms with van der Waals surface area (Å²) in [5.74, 6) is 0. The maximum Gasteiger partial charge on any atom is 0.200 e. The van der Waals surface area contributed by atoms with Gasteiger partial charge in [0, 0.05) is 23.0 Å². The predicted molar refractivity (Wildman–Crippen MR) is 140 cm³/mol. The maximum absolute atomic E-state index is 6.04. The van der Waals surface area contributed by atoms with Gasteiger partial charge in [-0.15, -0.1) is 0 Å². The third-order valence-electron chi connectivity index (χ3n) is 3.75. The quantitative estimate of drug-likeness (QED) is 0.113. The van der Waals surface area contributed by atoms with Crippen LogP contribution in [0.15, 0.2) is 0 Å². The van der Waals surface area contributed by atoms with Crippen molar-refractivity contribution in [3.05, 3.63) is 0 Å². The lowest BCUT2D eigenvalue weighted by atomic mass is 10.6. The summed E-state index contributed by atoms with van der Waals surface area (Å²) in [4.78, 5) is 1.31. The van der Waals surface area contributed by atoms with Crippen LogP contribution in [-0.2, 0) is 8.85 Å². The average molecular weight is 515 g/mol. The van der Waals surface area contributed by atoms with Gasteiger partial charge in [-0.25, -0.2) is 0 Å². The van der Waals surface area contributed by atoms with E-state index in [0.29, 0.717) is 9.75 Å². The van der Waals surface area contributed by atoms with Gasteiger partial charge >= 0.3 is 0 Å². The van der Waals surface area contributed by atoms with Crippen molar-refractivity contribution in [3.63, 3.8) is 0 Å². The third-order valence-corrected chi connectivity index (χ3v) is 28.3. The second-order valence-corrected chi connectivity index (χ2v) is 27.1. The molecule has 0 aliphatic rings. The molecular weight excluding hydrogens is 481 g/mol. The summed E-state index contributed by atoms with van der Waals surface area (Å²) in [6, 6.07) is 0. The van der Waals surface area contributed by atoms with E-state index in [1.807, 2.05) is 70.7 Å². The molecule has 0 heterocycles. The van der Waals surface area contributed by atoms with Crippen LogP contribution in [0.3, 0.4) is 0 Å². The smallest absolute Gasteiger partial charge is 0.200 e. The van der Waals surface area contributed by atoms with Crippen LogP contribution in [0.25, 0.3) is 0 Å². The standard InChI is InChI=1S/C14H34O2S7Si2/c1-9-13(24(5,6)15-11-3)17-19-21-23-22-20-18-14(10-2)25(7,8)16-12-4/h13-14H,9-12H2,1-8H3. The highest BCUT2D eigenvalue weighted by Gasteiger charge is 2.34. The van der Waals surface area contributed by atoms with Crippen LogP contribution < -0.4 is 0 Å². The van der Waals surface area contributed by atoms with Crippen LogP contribution in [-0.4, -0.2) is 39.6 Å². The second-order valence-electron chi connectivity index (χ2n) is 6.40. The third kappa shape index (κ3) is 12.2. The molecule has 0 bridgehead atoms.